The molecule has 0 aliphatic heterocycles. The van der Waals surface area contributed by atoms with E-state index >= 15 is 0 Å². The second-order valence-electron chi connectivity index (χ2n) is 5.45. The highest BCUT2D eigenvalue weighted by atomic mass is 35.5. The molecule has 0 saturated carbocycles. The van der Waals surface area contributed by atoms with Crippen LogP contribution in [0.4, 0.5) is 0 Å². The van der Waals surface area contributed by atoms with Crippen LogP contribution in [0, 0.1) is 0 Å². The van der Waals surface area contributed by atoms with Crippen LogP contribution in [0.5, 0.6) is 0 Å². The summed E-state index contributed by atoms with van der Waals surface area (Å²) in [7, 11) is 0. The van der Waals surface area contributed by atoms with Crippen molar-refractivity contribution in [3.63, 3.8) is 0 Å². The van der Waals surface area contributed by atoms with Gasteiger partial charge in [-0.3, -0.25) is 4.79 Å². The van der Waals surface area contributed by atoms with Crippen molar-refractivity contribution in [2.45, 2.75) is 13.0 Å². The van der Waals surface area contributed by atoms with E-state index in [2.05, 4.69) is 5.32 Å². The van der Waals surface area contributed by atoms with Gasteiger partial charge >= 0.3 is 5.97 Å². The van der Waals surface area contributed by atoms with Crippen molar-refractivity contribution in [1.82, 2.24) is 5.32 Å². The van der Waals surface area contributed by atoms with E-state index in [0.29, 0.717) is 20.6 Å². The van der Waals surface area contributed by atoms with Crippen LogP contribution in [-0.2, 0) is 14.3 Å². The predicted octanol–water partition coefficient (Wildman–Crippen LogP) is 5.08. The number of carbonyl (C=O) groups excluding carboxylic acids is 2. The van der Waals surface area contributed by atoms with Gasteiger partial charge in [-0.1, -0.05) is 53.0 Å². The van der Waals surface area contributed by atoms with Crippen molar-refractivity contribution in [2.24, 2.45) is 0 Å². The van der Waals surface area contributed by atoms with Crippen LogP contribution in [0.15, 0.2) is 48.5 Å². The Kier molecular flexibility index (Phi) is 7.51. The van der Waals surface area contributed by atoms with E-state index in [4.69, 9.17) is 39.5 Å². The van der Waals surface area contributed by atoms with Gasteiger partial charge in [0.2, 0.25) is 0 Å². The zero-order valence-electron chi connectivity index (χ0n) is 13.8. The molecular weight excluding hydrogens is 397 g/mol. The minimum atomic E-state index is -0.648. The highest BCUT2D eigenvalue weighted by Gasteiger charge is 2.11. The van der Waals surface area contributed by atoms with Crippen molar-refractivity contribution in [3.05, 3.63) is 74.7 Å². The first kappa shape index (κ1) is 20.3. The summed E-state index contributed by atoms with van der Waals surface area (Å²) in [5, 5.41) is 4.27. The molecule has 2 aromatic rings. The number of esters is 1. The van der Waals surface area contributed by atoms with Gasteiger partial charge < -0.3 is 10.1 Å². The molecule has 0 aliphatic carbocycles. The number of amides is 1. The quantitative estimate of drug-likeness (QED) is 0.531. The van der Waals surface area contributed by atoms with E-state index in [9.17, 15) is 9.59 Å². The van der Waals surface area contributed by atoms with E-state index in [0.717, 1.165) is 5.56 Å². The Morgan fingerprint density at radius 1 is 1.08 bits per heavy atom. The third-order valence-corrected chi connectivity index (χ3v) is 4.27. The Bertz CT molecular complexity index is 819. The lowest BCUT2D eigenvalue weighted by atomic mass is 10.1. The van der Waals surface area contributed by atoms with Crippen LogP contribution in [0.2, 0.25) is 15.1 Å². The number of nitrogens with one attached hydrogen (secondary N) is 1. The van der Waals surface area contributed by atoms with Gasteiger partial charge in [-0.05, 0) is 48.4 Å². The molecule has 136 valence electrons. The molecule has 0 aromatic heterocycles. The molecule has 0 spiro atoms. The van der Waals surface area contributed by atoms with Crippen molar-refractivity contribution in [2.75, 3.05) is 6.61 Å². The smallest absolute Gasteiger partial charge is 0.331 e. The molecule has 2 aromatic carbocycles. The summed E-state index contributed by atoms with van der Waals surface area (Å²) in [4.78, 5) is 23.6. The van der Waals surface area contributed by atoms with Gasteiger partial charge in [-0.15, -0.1) is 0 Å². The van der Waals surface area contributed by atoms with Gasteiger partial charge in [-0.2, -0.15) is 0 Å². The standard InChI is InChI=1S/C19H16Cl3NO3/c1-12(13-2-6-15(20)7-3-13)23-18(24)11-26-19(25)9-5-14-4-8-16(21)10-17(14)22/h2-10,12H,11H2,1H3,(H,23,24)/b9-5+/t12-/m1/s1. The fraction of sp³-hybridized carbons (Fsp3) is 0.158. The normalized spacial score (nSPS) is 12.0. The second-order valence-corrected chi connectivity index (χ2v) is 6.73. The van der Waals surface area contributed by atoms with E-state index in [-0.39, 0.29) is 12.6 Å². The van der Waals surface area contributed by atoms with Crippen molar-refractivity contribution in [1.29, 1.82) is 0 Å². The maximum absolute atomic E-state index is 11.9. The molecule has 0 aliphatic rings. The van der Waals surface area contributed by atoms with Gasteiger partial charge in [0.15, 0.2) is 6.61 Å². The fourth-order valence-corrected chi connectivity index (χ4v) is 2.69. The van der Waals surface area contributed by atoms with E-state index in [1.54, 1.807) is 30.3 Å². The second kappa shape index (κ2) is 9.62. The van der Waals surface area contributed by atoms with Gasteiger partial charge in [0.05, 0.1) is 6.04 Å². The Hall–Kier alpha value is -2.01. The zero-order chi connectivity index (χ0) is 19.1. The molecule has 1 N–H and O–H groups in total. The first-order chi connectivity index (χ1) is 12.3. The van der Waals surface area contributed by atoms with Crippen molar-refractivity contribution < 1.29 is 14.3 Å². The molecule has 26 heavy (non-hydrogen) atoms. The van der Waals surface area contributed by atoms with Crippen LogP contribution < -0.4 is 5.32 Å². The largest absolute Gasteiger partial charge is 0.452 e. The van der Waals surface area contributed by atoms with Crippen LogP contribution >= 0.6 is 34.8 Å². The lowest BCUT2D eigenvalue weighted by molar-refractivity contribution is -0.144. The number of carbonyl (C=O) groups is 2. The molecule has 4 nitrogen and oxygen atoms in total. The molecule has 0 unspecified atom stereocenters. The maximum Gasteiger partial charge on any atom is 0.331 e. The molecule has 0 bridgehead atoms. The number of rotatable bonds is 6. The minimum Gasteiger partial charge on any atom is -0.452 e. The van der Waals surface area contributed by atoms with Crippen LogP contribution in [0.1, 0.15) is 24.1 Å². The summed E-state index contributed by atoms with van der Waals surface area (Å²) in [6, 6.07) is 11.8. The lowest BCUT2D eigenvalue weighted by Gasteiger charge is -2.14. The summed E-state index contributed by atoms with van der Waals surface area (Å²) in [5.41, 5.74) is 1.51. The molecule has 1 amide bonds. The monoisotopic (exact) mass is 411 g/mol. The molecule has 0 radical (unpaired) electrons. The number of halogens is 3. The summed E-state index contributed by atoms with van der Waals surface area (Å²) >= 11 is 17.6. The van der Waals surface area contributed by atoms with Crippen molar-refractivity contribution in [3.8, 4) is 0 Å². The highest BCUT2D eigenvalue weighted by molar-refractivity contribution is 6.35. The average Bonchev–Trinajstić information content (AvgIpc) is 2.59. The van der Waals surface area contributed by atoms with Gasteiger partial charge in [0.1, 0.15) is 0 Å². The van der Waals surface area contributed by atoms with Crippen LogP contribution in [0.3, 0.4) is 0 Å². The number of hydrogen-bond donors (Lipinski definition) is 1. The molecule has 2 rings (SSSR count). The van der Waals surface area contributed by atoms with E-state index < -0.39 is 11.9 Å². The van der Waals surface area contributed by atoms with Crippen LogP contribution in [0.25, 0.3) is 6.08 Å². The Balaban J connectivity index is 1.81. The minimum absolute atomic E-state index is 0.234. The molecule has 0 heterocycles. The number of hydrogen-bond acceptors (Lipinski definition) is 3. The van der Waals surface area contributed by atoms with Gasteiger partial charge in [0.25, 0.3) is 5.91 Å². The molecular formula is C19H16Cl3NO3. The topological polar surface area (TPSA) is 55.4 Å². The Labute approximate surface area is 166 Å². The molecule has 7 heteroatoms. The Morgan fingerprint density at radius 2 is 1.73 bits per heavy atom. The lowest BCUT2D eigenvalue weighted by Crippen LogP contribution is -2.30. The maximum atomic E-state index is 11.9. The Morgan fingerprint density at radius 3 is 2.38 bits per heavy atom. The summed E-state index contributed by atoms with van der Waals surface area (Å²) in [5.74, 6) is -1.05. The SMILES string of the molecule is C[C@@H](NC(=O)COC(=O)/C=C/c1ccc(Cl)cc1Cl)c1ccc(Cl)cc1. The van der Waals surface area contributed by atoms with Gasteiger partial charge in [0, 0.05) is 21.1 Å². The number of ether oxygens (including phenoxy) is 1. The molecule has 1 atom stereocenters. The molecule has 0 fully saturated rings. The van der Waals surface area contributed by atoms with E-state index in [1.165, 1.54) is 12.2 Å². The first-order valence-corrected chi connectivity index (χ1v) is 8.83. The zero-order valence-corrected chi connectivity index (χ0v) is 16.1. The molecule has 0 saturated heterocycles. The predicted molar refractivity (Wildman–Crippen MR) is 104 cm³/mol. The first-order valence-electron chi connectivity index (χ1n) is 7.70. The van der Waals surface area contributed by atoms with Crippen molar-refractivity contribution >= 4 is 52.8 Å². The third kappa shape index (κ3) is 6.37. The summed E-state index contributed by atoms with van der Waals surface area (Å²) in [6.45, 7) is 1.45. The summed E-state index contributed by atoms with van der Waals surface area (Å²) < 4.78 is 4.92. The van der Waals surface area contributed by atoms with E-state index in [1.807, 2.05) is 19.1 Å². The fourth-order valence-electron chi connectivity index (χ4n) is 2.10. The number of benzene rings is 2. The average molecular weight is 413 g/mol. The third-order valence-electron chi connectivity index (χ3n) is 3.45. The van der Waals surface area contributed by atoms with Gasteiger partial charge in [-0.25, -0.2) is 4.79 Å². The highest BCUT2D eigenvalue weighted by Crippen LogP contribution is 2.22. The van der Waals surface area contributed by atoms with Crippen LogP contribution in [-0.4, -0.2) is 18.5 Å². The summed E-state index contributed by atoms with van der Waals surface area (Å²) in [6.07, 6.45) is 2.69.